The summed E-state index contributed by atoms with van der Waals surface area (Å²) in [6.45, 7) is 6.97. The average Bonchev–Trinajstić information content (AvgIpc) is 3.04. The summed E-state index contributed by atoms with van der Waals surface area (Å²) in [6, 6.07) is 11.0. The molecule has 2 rings (SSSR count). The summed E-state index contributed by atoms with van der Waals surface area (Å²) in [4.78, 5) is 5.16. The van der Waals surface area contributed by atoms with E-state index in [1.165, 1.54) is 82.9 Å². The summed E-state index contributed by atoms with van der Waals surface area (Å²) < 4.78 is 0. The Morgan fingerprint density at radius 1 is 0.654 bits per heavy atom. The number of benzene rings is 1. The van der Waals surface area contributed by atoms with Crippen molar-refractivity contribution in [2.75, 3.05) is 13.1 Å². The van der Waals surface area contributed by atoms with Gasteiger partial charge in [0.15, 0.2) is 0 Å². The van der Waals surface area contributed by atoms with Gasteiger partial charge in [0.25, 0.3) is 0 Å². The molecule has 1 aliphatic rings. The van der Waals surface area contributed by atoms with Crippen molar-refractivity contribution in [1.29, 1.82) is 0 Å². The molecule has 1 atom stereocenters. The van der Waals surface area contributed by atoms with E-state index in [4.69, 9.17) is 0 Å². The molecule has 0 N–H and O–H groups in total. The number of rotatable bonds is 14. The average molecular weight is 357 g/mol. The van der Waals surface area contributed by atoms with Gasteiger partial charge < -0.3 is 9.80 Å². The molecule has 1 unspecified atom stereocenters. The maximum atomic E-state index is 2.59. The smallest absolute Gasteiger partial charge is 0.105 e. The van der Waals surface area contributed by atoms with Crippen molar-refractivity contribution < 1.29 is 0 Å². The van der Waals surface area contributed by atoms with Gasteiger partial charge in [0, 0.05) is 31.9 Å². The summed E-state index contributed by atoms with van der Waals surface area (Å²) in [5.41, 5.74) is 1.45. The number of hydrogen-bond acceptors (Lipinski definition) is 2. The summed E-state index contributed by atoms with van der Waals surface area (Å²) in [5, 5.41) is 0. The molecule has 0 bridgehead atoms. The van der Waals surface area contributed by atoms with Crippen LogP contribution < -0.4 is 0 Å². The van der Waals surface area contributed by atoms with E-state index in [-0.39, 0.29) is 0 Å². The van der Waals surface area contributed by atoms with Gasteiger partial charge >= 0.3 is 0 Å². The highest BCUT2D eigenvalue weighted by molar-refractivity contribution is 5.17. The Morgan fingerprint density at radius 3 is 1.77 bits per heavy atom. The molecule has 2 heteroatoms. The number of hydrogen-bond donors (Lipinski definition) is 0. The fourth-order valence-corrected chi connectivity index (χ4v) is 3.86. The third-order valence-electron chi connectivity index (χ3n) is 5.52. The maximum Gasteiger partial charge on any atom is 0.105 e. The molecule has 2 nitrogen and oxygen atoms in total. The molecule has 0 saturated carbocycles. The highest BCUT2D eigenvalue weighted by Crippen LogP contribution is 2.22. The third-order valence-corrected chi connectivity index (χ3v) is 5.52. The third kappa shape index (κ3) is 7.43. The van der Waals surface area contributed by atoms with Crippen LogP contribution in [-0.4, -0.2) is 29.1 Å². The van der Waals surface area contributed by atoms with Crippen molar-refractivity contribution >= 4 is 0 Å². The van der Waals surface area contributed by atoms with Gasteiger partial charge in [-0.3, -0.25) is 0 Å². The maximum absolute atomic E-state index is 2.59. The van der Waals surface area contributed by atoms with Gasteiger partial charge in [-0.1, -0.05) is 95.5 Å². The quantitative estimate of drug-likeness (QED) is 0.347. The summed E-state index contributed by atoms with van der Waals surface area (Å²) in [7, 11) is 0. The largest absolute Gasteiger partial charge is 0.356 e. The Balaban J connectivity index is 1.80. The molecule has 146 valence electrons. The summed E-state index contributed by atoms with van der Waals surface area (Å²) in [5.74, 6) is 0. The Bertz CT molecular complexity index is 482. The van der Waals surface area contributed by atoms with E-state index in [2.05, 4.69) is 66.4 Å². The molecule has 0 amide bonds. The predicted octanol–water partition coefficient (Wildman–Crippen LogP) is 6.58. The van der Waals surface area contributed by atoms with Crippen LogP contribution in [0.25, 0.3) is 0 Å². The standard InChI is InChI=1S/C24H40N2/c1-3-5-7-8-9-10-15-19-26-21-20-25(18-14-6-4-2)24(26)22-23-16-12-11-13-17-23/h11-13,16-17,20-21,24H,3-10,14-15,18-19,22H2,1-2H3. The van der Waals surface area contributed by atoms with Crippen LogP contribution in [0, 0.1) is 0 Å². The Hall–Kier alpha value is -1.44. The monoisotopic (exact) mass is 356 g/mol. The van der Waals surface area contributed by atoms with E-state index in [0.29, 0.717) is 6.17 Å². The lowest BCUT2D eigenvalue weighted by Crippen LogP contribution is -2.41. The Morgan fingerprint density at radius 2 is 1.15 bits per heavy atom. The first-order chi connectivity index (χ1) is 12.8. The van der Waals surface area contributed by atoms with Gasteiger partial charge in [-0.2, -0.15) is 0 Å². The molecule has 26 heavy (non-hydrogen) atoms. The van der Waals surface area contributed by atoms with Crippen LogP contribution in [0.1, 0.15) is 83.6 Å². The molecule has 1 heterocycles. The zero-order chi connectivity index (χ0) is 18.5. The van der Waals surface area contributed by atoms with Gasteiger partial charge in [-0.25, -0.2) is 0 Å². The fraction of sp³-hybridized carbons (Fsp3) is 0.667. The molecule has 0 aliphatic carbocycles. The highest BCUT2D eigenvalue weighted by atomic mass is 15.4. The van der Waals surface area contributed by atoms with E-state index in [0.717, 1.165) is 6.42 Å². The first kappa shape index (κ1) is 20.9. The van der Waals surface area contributed by atoms with Gasteiger partial charge in [0.05, 0.1) is 0 Å². The van der Waals surface area contributed by atoms with Gasteiger partial charge in [0.1, 0.15) is 6.17 Å². The second-order valence-corrected chi connectivity index (χ2v) is 7.77. The molecule has 0 saturated heterocycles. The first-order valence-corrected chi connectivity index (χ1v) is 11.1. The zero-order valence-electron chi connectivity index (χ0n) is 17.2. The lowest BCUT2D eigenvalue weighted by atomic mass is 10.1. The van der Waals surface area contributed by atoms with E-state index in [1.54, 1.807) is 0 Å². The van der Waals surface area contributed by atoms with Gasteiger partial charge in [-0.05, 0) is 18.4 Å². The number of unbranched alkanes of at least 4 members (excludes halogenated alkanes) is 8. The van der Waals surface area contributed by atoms with Crippen molar-refractivity contribution in [2.45, 2.75) is 90.6 Å². The van der Waals surface area contributed by atoms with Crippen LogP contribution in [-0.2, 0) is 6.42 Å². The van der Waals surface area contributed by atoms with Crippen molar-refractivity contribution in [2.24, 2.45) is 0 Å². The van der Waals surface area contributed by atoms with Crippen molar-refractivity contribution in [3.63, 3.8) is 0 Å². The molecule has 1 aromatic rings. The Labute approximate surface area is 162 Å². The highest BCUT2D eigenvalue weighted by Gasteiger charge is 2.25. The lowest BCUT2D eigenvalue weighted by molar-refractivity contribution is 0.148. The molecular weight excluding hydrogens is 316 g/mol. The SMILES string of the molecule is CCCCCCCCCN1C=CN(CCCCC)C1Cc1ccccc1. The fourth-order valence-electron chi connectivity index (χ4n) is 3.86. The second kappa shape index (κ2) is 12.8. The van der Waals surface area contributed by atoms with Crippen LogP contribution in [0.5, 0.6) is 0 Å². The van der Waals surface area contributed by atoms with Crippen LogP contribution >= 0.6 is 0 Å². The minimum Gasteiger partial charge on any atom is -0.356 e. The summed E-state index contributed by atoms with van der Waals surface area (Å²) in [6.07, 6.45) is 19.9. The molecule has 1 aliphatic heterocycles. The molecule has 1 aromatic carbocycles. The minimum atomic E-state index is 0.509. The molecule has 0 aromatic heterocycles. The minimum absolute atomic E-state index is 0.509. The van der Waals surface area contributed by atoms with Crippen molar-refractivity contribution in [1.82, 2.24) is 9.80 Å². The van der Waals surface area contributed by atoms with E-state index >= 15 is 0 Å². The Kier molecular flexibility index (Phi) is 10.3. The van der Waals surface area contributed by atoms with Crippen molar-refractivity contribution in [3.8, 4) is 0 Å². The van der Waals surface area contributed by atoms with Gasteiger partial charge in [0.2, 0.25) is 0 Å². The van der Waals surface area contributed by atoms with Crippen LogP contribution in [0.15, 0.2) is 42.7 Å². The van der Waals surface area contributed by atoms with Gasteiger partial charge in [-0.15, -0.1) is 0 Å². The van der Waals surface area contributed by atoms with E-state index in [1.807, 2.05) is 0 Å². The molecular formula is C24H40N2. The lowest BCUT2D eigenvalue weighted by Gasteiger charge is -2.33. The van der Waals surface area contributed by atoms with E-state index in [9.17, 15) is 0 Å². The van der Waals surface area contributed by atoms with Crippen LogP contribution in [0.4, 0.5) is 0 Å². The predicted molar refractivity (Wildman–Crippen MR) is 114 cm³/mol. The molecule has 0 spiro atoms. The zero-order valence-corrected chi connectivity index (χ0v) is 17.2. The van der Waals surface area contributed by atoms with Crippen LogP contribution in [0.2, 0.25) is 0 Å². The molecule has 0 radical (unpaired) electrons. The number of nitrogens with zero attached hydrogens (tertiary/aromatic N) is 2. The van der Waals surface area contributed by atoms with E-state index < -0.39 is 0 Å². The van der Waals surface area contributed by atoms with Crippen LogP contribution in [0.3, 0.4) is 0 Å². The summed E-state index contributed by atoms with van der Waals surface area (Å²) >= 11 is 0. The normalized spacial score (nSPS) is 16.6. The topological polar surface area (TPSA) is 6.48 Å². The van der Waals surface area contributed by atoms with Crippen molar-refractivity contribution in [3.05, 3.63) is 48.3 Å². The second-order valence-electron chi connectivity index (χ2n) is 7.77. The molecule has 0 fully saturated rings. The first-order valence-electron chi connectivity index (χ1n) is 11.1.